The number of hydrogen-bond donors (Lipinski definition) is 3. The molecule has 0 aromatic heterocycles. The smallest absolute Gasteiger partial charge is 0.264 e. The fourth-order valence-electron chi connectivity index (χ4n) is 1.45. The highest BCUT2D eigenvalue weighted by Crippen LogP contribution is 2.19. The Morgan fingerprint density at radius 1 is 1.45 bits per heavy atom. The van der Waals surface area contributed by atoms with Gasteiger partial charge in [0, 0.05) is 9.26 Å². The molecule has 1 amide bonds. The van der Waals surface area contributed by atoms with E-state index in [9.17, 15) is 13.2 Å². The van der Waals surface area contributed by atoms with Gasteiger partial charge in [0.25, 0.3) is 15.9 Å². The number of nitrogen functional groups attached to an aromatic ring is 1. The molecule has 20 heavy (non-hydrogen) atoms. The van der Waals surface area contributed by atoms with Gasteiger partial charge >= 0.3 is 0 Å². The molecule has 112 valence electrons. The van der Waals surface area contributed by atoms with Gasteiger partial charge in [0.2, 0.25) is 0 Å². The summed E-state index contributed by atoms with van der Waals surface area (Å²) in [7, 11) is -3.93. The maximum absolute atomic E-state index is 12.1. The van der Waals surface area contributed by atoms with E-state index in [-0.39, 0.29) is 10.8 Å². The van der Waals surface area contributed by atoms with Crippen molar-refractivity contribution in [3.05, 3.63) is 21.8 Å². The van der Waals surface area contributed by atoms with Crippen LogP contribution >= 0.6 is 22.6 Å². The summed E-state index contributed by atoms with van der Waals surface area (Å²) in [6.07, 6.45) is 0.689. The van der Waals surface area contributed by atoms with Crippen LogP contribution in [0.15, 0.2) is 23.1 Å². The average molecular weight is 411 g/mol. The van der Waals surface area contributed by atoms with Gasteiger partial charge in [0.15, 0.2) is 0 Å². The van der Waals surface area contributed by atoms with E-state index in [1.54, 1.807) is 6.92 Å². The van der Waals surface area contributed by atoms with Crippen molar-refractivity contribution in [2.24, 2.45) is 11.7 Å². The second kappa shape index (κ2) is 6.72. The zero-order chi connectivity index (χ0) is 15.5. The Morgan fingerprint density at radius 3 is 2.55 bits per heavy atom. The summed E-state index contributed by atoms with van der Waals surface area (Å²) >= 11 is 1.93. The number of nitrogens with one attached hydrogen (secondary N) is 1. The molecule has 1 unspecified atom stereocenters. The van der Waals surface area contributed by atoms with E-state index >= 15 is 0 Å². The van der Waals surface area contributed by atoms with Crippen molar-refractivity contribution < 1.29 is 13.2 Å². The molecule has 1 rings (SSSR count). The first-order valence-corrected chi connectivity index (χ1v) is 8.62. The molecule has 0 fully saturated rings. The van der Waals surface area contributed by atoms with Crippen LogP contribution in [0.1, 0.15) is 20.3 Å². The van der Waals surface area contributed by atoms with E-state index in [1.807, 2.05) is 34.2 Å². The molecule has 1 aromatic carbocycles. The maximum Gasteiger partial charge on any atom is 0.264 e. The van der Waals surface area contributed by atoms with E-state index in [4.69, 9.17) is 11.5 Å². The fourth-order valence-corrected chi connectivity index (χ4v) is 3.21. The lowest BCUT2D eigenvalue weighted by Crippen LogP contribution is -2.46. The van der Waals surface area contributed by atoms with Gasteiger partial charge < -0.3 is 11.5 Å². The summed E-state index contributed by atoms with van der Waals surface area (Å²) < 4.78 is 26.8. The molecule has 0 aliphatic carbocycles. The first kappa shape index (κ1) is 17.2. The molecule has 0 radical (unpaired) electrons. The van der Waals surface area contributed by atoms with Crippen molar-refractivity contribution in [1.29, 1.82) is 0 Å². The quantitative estimate of drug-likeness (QED) is 0.495. The maximum atomic E-state index is 12.1. The van der Waals surface area contributed by atoms with E-state index in [0.717, 1.165) is 0 Å². The highest BCUT2D eigenvalue weighted by Gasteiger charge is 2.25. The number of anilines is 1. The van der Waals surface area contributed by atoms with E-state index in [1.165, 1.54) is 18.2 Å². The largest absolute Gasteiger partial charge is 0.398 e. The number of carbonyl (C=O) groups is 1. The zero-order valence-corrected chi connectivity index (χ0v) is 14.2. The van der Waals surface area contributed by atoms with Crippen LogP contribution in [0.4, 0.5) is 5.69 Å². The third-order valence-corrected chi connectivity index (χ3v) is 5.36. The van der Waals surface area contributed by atoms with Crippen LogP contribution in [0.3, 0.4) is 0 Å². The number of benzene rings is 1. The Kier molecular flexibility index (Phi) is 5.78. The van der Waals surface area contributed by atoms with E-state index < -0.39 is 22.0 Å². The van der Waals surface area contributed by atoms with Gasteiger partial charge in [-0.25, -0.2) is 13.1 Å². The van der Waals surface area contributed by atoms with Gasteiger partial charge in [-0.15, -0.1) is 0 Å². The monoisotopic (exact) mass is 411 g/mol. The lowest BCUT2D eigenvalue weighted by Gasteiger charge is -2.17. The molecule has 0 aliphatic rings. The topological polar surface area (TPSA) is 115 Å². The molecule has 0 aliphatic heterocycles. The second-order valence-corrected chi connectivity index (χ2v) is 7.41. The van der Waals surface area contributed by atoms with E-state index in [2.05, 4.69) is 0 Å². The molecular formula is C12H18IN3O3S. The second-order valence-electron chi connectivity index (χ2n) is 4.56. The number of hydrogen-bond acceptors (Lipinski definition) is 5. The molecule has 2 atom stereocenters. The zero-order valence-electron chi connectivity index (χ0n) is 11.3. The predicted molar refractivity (Wildman–Crippen MR) is 86.3 cm³/mol. The van der Waals surface area contributed by atoms with Crippen molar-refractivity contribution in [1.82, 2.24) is 4.72 Å². The Balaban J connectivity index is 2.95. The van der Waals surface area contributed by atoms with Gasteiger partial charge in [0.1, 0.15) is 0 Å². The van der Waals surface area contributed by atoms with Gasteiger partial charge in [-0.3, -0.25) is 4.79 Å². The molecule has 5 N–H and O–H groups in total. The Labute approximate surface area is 132 Å². The summed E-state index contributed by atoms with van der Waals surface area (Å²) in [6, 6.07) is 3.38. The lowest BCUT2D eigenvalue weighted by atomic mass is 10.00. The SMILES string of the molecule is CCC(C)[C@H](N)C(=O)NS(=O)(=O)c1ccc(N)c(I)c1. The van der Waals surface area contributed by atoms with Crippen molar-refractivity contribution in [3.63, 3.8) is 0 Å². The van der Waals surface area contributed by atoms with Crippen molar-refractivity contribution in [2.75, 3.05) is 5.73 Å². The number of amides is 1. The summed E-state index contributed by atoms with van der Waals surface area (Å²) in [4.78, 5) is 11.8. The molecule has 8 heteroatoms. The van der Waals surface area contributed by atoms with Crippen molar-refractivity contribution in [2.45, 2.75) is 31.2 Å². The lowest BCUT2D eigenvalue weighted by molar-refractivity contribution is -0.121. The number of nitrogens with two attached hydrogens (primary N) is 2. The molecule has 6 nitrogen and oxygen atoms in total. The minimum Gasteiger partial charge on any atom is -0.398 e. The van der Waals surface area contributed by atoms with Crippen LogP contribution in [0.25, 0.3) is 0 Å². The summed E-state index contributed by atoms with van der Waals surface area (Å²) in [5.41, 5.74) is 11.8. The van der Waals surface area contributed by atoms with Gasteiger partial charge in [-0.2, -0.15) is 0 Å². The van der Waals surface area contributed by atoms with Crippen LogP contribution in [-0.2, 0) is 14.8 Å². The first-order chi connectivity index (χ1) is 9.19. The third-order valence-electron chi connectivity index (χ3n) is 3.08. The number of carbonyl (C=O) groups excluding carboxylic acids is 1. The highest BCUT2D eigenvalue weighted by atomic mass is 127. The molecule has 0 spiro atoms. The number of sulfonamides is 1. The fraction of sp³-hybridized carbons (Fsp3) is 0.417. The normalized spacial score (nSPS) is 14.6. The molecule has 0 bridgehead atoms. The standard InChI is InChI=1S/C12H18IN3O3S/c1-3-7(2)11(15)12(17)16-20(18,19)8-4-5-10(14)9(13)6-8/h4-7,11H,3,14-15H2,1-2H3,(H,16,17)/t7?,11-/m0/s1. The van der Waals surface area contributed by atoms with Crippen molar-refractivity contribution in [3.8, 4) is 0 Å². The van der Waals surface area contributed by atoms with Crippen molar-refractivity contribution >= 4 is 44.2 Å². The van der Waals surface area contributed by atoms with Crippen LogP contribution in [0.2, 0.25) is 0 Å². The third kappa shape index (κ3) is 4.06. The van der Waals surface area contributed by atoms with Gasteiger partial charge in [-0.05, 0) is 46.7 Å². The van der Waals surface area contributed by atoms with Gasteiger partial charge in [0.05, 0.1) is 10.9 Å². The Morgan fingerprint density at radius 2 is 2.05 bits per heavy atom. The minimum absolute atomic E-state index is 0.0131. The average Bonchev–Trinajstić information content (AvgIpc) is 2.39. The molecule has 0 heterocycles. The van der Waals surface area contributed by atoms with Crippen LogP contribution < -0.4 is 16.2 Å². The van der Waals surface area contributed by atoms with Crippen LogP contribution in [0, 0.1) is 9.49 Å². The van der Waals surface area contributed by atoms with E-state index in [0.29, 0.717) is 15.7 Å². The molecule has 1 aromatic rings. The summed E-state index contributed by atoms with van der Waals surface area (Å²) in [5, 5.41) is 0. The van der Waals surface area contributed by atoms with Crippen LogP contribution in [0.5, 0.6) is 0 Å². The first-order valence-electron chi connectivity index (χ1n) is 6.06. The number of rotatable bonds is 5. The predicted octanol–water partition coefficient (Wildman–Crippen LogP) is 1.05. The highest BCUT2D eigenvalue weighted by molar-refractivity contribution is 14.1. The summed E-state index contributed by atoms with van der Waals surface area (Å²) in [5.74, 6) is -0.803. The molecule has 0 saturated heterocycles. The van der Waals surface area contributed by atoms with Crippen LogP contribution in [-0.4, -0.2) is 20.4 Å². The summed E-state index contributed by atoms with van der Waals surface area (Å²) in [6.45, 7) is 3.68. The number of halogens is 1. The molecule has 0 saturated carbocycles. The van der Waals surface area contributed by atoms with Gasteiger partial charge in [-0.1, -0.05) is 20.3 Å². The Hall–Kier alpha value is -0.870. The Bertz CT molecular complexity index is 604. The minimum atomic E-state index is -3.93. The molecular weight excluding hydrogens is 393 g/mol.